The molecule has 5 heteroatoms. The van der Waals surface area contributed by atoms with Crippen LogP contribution in [-0.2, 0) is 6.54 Å². The standard InChI is InChI=1S/C10H14N4O/c1-2-14-8-3-4-12-6-7(8)13-10(14)9(15)5-11/h3-4,6,9,15H,2,5,11H2,1H3. The van der Waals surface area contributed by atoms with Gasteiger partial charge in [-0.3, -0.25) is 4.98 Å². The van der Waals surface area contributed by atoms with Crippen molar-refractivity contribution in [3.63, 3.8) is 0 Å². The van der Waals surface area contributed by atoms with Gasteiger partial charge in [-0.15, -0.1) is 0 Å². The summed E-state index contributed by atoms with van der Waals surface area (Å²) in [7, 11) is 0. The predicted octanol–water partition coefficient (Wildman–Crippen LogP) is 0.443. The lowest BCUT2D eigenvalue weighted by Crippen LogP contribution is -2.16. The van der Waals surface area contributed by atoms with Crippen LogP contribution in [0.25, 0.3) is 11.0 Å². The zero-order valence-electron chi connectivity index (χ0n) is 8.59. The number of nitrogens with two attached hydrogens (primary N) is 1. The number of aryl methyl sites for hydroxylation is 1. The quantitative estimate of drug-likeness (QED) is 0.764. The summed E-state index contributed by atoms with van der Waals surface area (Å²) in [5, 5.41) is 9.71. The molecule has 0 aromatic carbocycles. The fourth-order valence-corrected chi connectivity index (χ4v) is 1.69. The summed E-state index contributed by atoms with van der Waals surface area (Å²) >= 11 is 0. The SMILES string of the molecule is CCn1c(C(O)CN)nc2cnccc21. The summed E-state index contributed by atoms with van der Waals surface area (Å²) in [6.45, 7) is 2.94. The van der Waals surface area contributed by atoms with Gasteiger partial charge in [-0.25, -0.2) is 4.98 Å². The maximum atomic E-state index is 9.71. The zero-order chi connectivity index (χ0) is 10.8. The first-order valence-corrected chi connectivity index (χ1v) is 4.96. The highest BCUT2D eigenvalue weighted by Gasteiger charge is 2.15. The van der Waals surface area contributed by atoms with Crippen LogP contribution >= 0.6 is 0 Å². The van der Waals surface area contributed by atoms with Crippen LogP contribution in [0.15, 0.2) is 18.5 Å². The first-order chi connectivity index (χ1) is 7.27. The molecule has 0 amide bonds. The lowest BCUT2D eigenvalue weighted by molar-refractivity contribution is 0.172. The van der Waals surface area contributed by atoms with Gasteiger partial charge < -0.3 is 15.4 Å². The minimum absolute atomic E-state index is 0.177. The zero-order valence-corrected chi connectivity index (χ0v) is 8.59. The van der Waals surface area contributed by atoms with Gasteiger partial charge in [0.05, 0.1) is 11.7 Å². The van der Waals surface area contributed by atoms with Crippen molar-refractivity contribution < 1.29 is 5.11 Å². The van der Waals surface area contributed by atoms with Crippen LogP contribution < -0.4 is 5.73 Å². The van der Waals surface area contributed by atoms with Crippen molar-refractivity contribution in [3.05, 3.63) is 24.3 Å². The number of aliphatic hydroxyl groups excluding tert-OH is 1. The number of aliphatic hydroxyl groups is 1. The van der Waals surface area contributed by atoms with E-state index in [0.717, 1.165) is 17.6 Å². The fourth-order valence-electron chi connectivity index (χ4n) is 1.69. The number of rotatable bonds is 3. The van der Waals surface area contributed by atoms with Crippen LogP contribution in [0.3, 0.4) is 0 Å². The van der Waals surface area contributed by atoms with Crippen molar-refractivity contribution in [1.82, 2.24) is 14.5 Å². The van der Waals surface area contributed by atoms with Gasteiger partial charge in [0.1, 0.15) is 17.4 Å². The molecule has 0 aliphatic rings. The number of imidazole rings is 1. The van der Waals surface area contributed by atoms with E-state index in [2.05, 4.69) is 9.97 Å². The average molecular weight is 206 g/mol. The maximum absolute atomic E-state index is 9.71. The molecule has 0 bridgehead atoms. The highest BCUT2D eigenvalue weighted by Crippen LogP contribution is 2.19. The van der Waals surface area contributed by atoms with E-state index in [9.17, 15) is 5.11 Å². The highest BCUT2D eigenvalue weighted by molar-refractivity contribution is 5.74. The van der Waals surface area contributed by atoms with Crippen molar-refractivity contribution in [2.24, 2.45) is 5.73 Å². The molecule has 2 aromatic rings. The van der Waals surface area contributed by atoms with Crippen molar-refractivity contribution >= 4 is 11.0 Å². The van der Waals surface area contributed by atoms with Gasteiger partial charge in [0.2, 0.25) is 0 Å². The monoisotopic (exact) mass is 206 g/mol. The van der Waals surface area contributed by atoms with E-state index < -0.39 is 6.10 Å². The Balaban J connectivity index is 2.63. The molecule has 0 fully saturated rings. The summed E-state index contributed by atoms with van der Waals surface area (Å²) in [5.41, 5.74) is 7.21. The molecule has 0 spiro atoms. The van der Waals surface area contributed by atoms with Gasteiger partial charge in [-0.2, -0.15) is 0 Å². The summed E-state index contributed by atoms with van der Waals surface area (Å²) in [5.74, 6) is 0.614. The Hall–Kier alpha value is -1.46. The second-order valence-corrected chi connectivity index (χ2v) is 3.33. The smallest absolute Gasteiger partial charge is 0.140 e. The first kappa shape index (κ1) is 10.1. The Labute approximate surface area is 87.6 Å². The van der Waals surface area contributed by atoms with E-state index in [0.29, 0.717) is 5.82 Å². The molecule has 0 saturated heterocycles. The lowest BCUT2D eigenvalue weighted by atomic mass is 10.3. The second-order valence-electron chi connectivity index (χ2n) is 3.33. The van der Waals surface area contributed by atoms with Crippen LogP contribution in [-0.4, -0.2) is 26.2 Å². The van der Waals surface area contributed by atoms with Crippen LogP contribution in [0, 0.1) is 0 Å². The molecule has 2 aromatic heterocycles. The van der Waals surface area contributed by atoms with Crippen molar-refractivity contribution in [2.75, 3.05) is 6.54 Å². The largest absolute Gasteiger partial charge is 0.384 e. The van der Waals surface area contributed by atoms with Crippen LogP contribution in [0.2, 0.25) is 0 Å². The Morgan fingerprint density at radius 2 is 2.40 bits per heavy atom. The molecular weight excluding hydrogens is 192 g/mol. The van der Waals surface area contributed by atoms with Crippen molar-refractivity contribution in [3.8, 4) is 0 Å². The normalized spacial score (nSPS) is 13.3. The molecular formula is C10H14N4O. The number of fused-ring (bicyclic) bond motifs is 1. The Bertz CT molecular complexity index is 465. The topological polar surface area (TPSA) is 77.0 Å². The molecule has 2 heterocycles. The molecule has 0 aliphatic carbocycles. The minimum atomic E-state index is -0.711. The Morgan fingerprint density at radius 3 is 3.07 bits per heavy atom. The number of aromatic nitrogens is 3. The molecule has 5 nitrogen and oxygen atoms in total. The minimum Gasteiger partial charge on any atom is -0.384 e. The number of nitrogens with zero attached hydrogens (tertiary/aromatic N) is 3. The highest BCUT2D eigenvalue weighted by atomic mass is 16.3. The molecule has 0 radical (unpaired) electrons. The van der Waals surface area contributed by atoms with E-state index in [1.54, 1.807) is 12.4 Å². The summed E-state index contributed by atoms with van der Waals surface area (Å²) < 4.78 is 1.95. The van der Waals surface area contributed by atoms with Crippen molar-refractivity contribution in [1.29, 1.82) is 0 Å². The van der Waals surface area contributed by atoms with Crippen LogP contribution in [0.1, 0.15) is 18.9 Å². The van der Waals surface area contributed by atoms with Crippen LogP contribution in [0.5, 0.6) is 0 Å². The molecule has 3 N–H and O–H groups in total. The summed E-state index contributed by atoms with van der Waals surface area (Å²) in [6, 6.07) is 1.89. The molecule has 2 rings (SSSR count). The van der Waals surface area contributed by atoms with Gasteiger partial charge in [0.15, 0.2) is 0 Å². The number of hydrogen-bond donors (Lipinski definition) is 2. The van der Waals surface area contributed by atoms with E-state index in [4.69, 9.17) is 5.73 Å². The maximum Gasteiger partial charge on any atom is 0.140 e. The van der Waals surface area contributed by atoms with E-state index in [1.165, 1.54) is 0 Å². The van der Waals surface area contributed by atoms with E-state index in [-0.39, 0.29) is 6.54 Å². The third-order valence-corrected chi connectivity index (χ3v) is 2.42. The third kappa shape index (κ3) is 1.60. The lowest BCUT2D eigenvalue weighted by Gasteiger charge is -2.09. The Kier molecular flexibility index (Phi) is 2.66. The molecule has 80 valence electrons. The molecule has 15 heavy (non-hydrogen) atoms. The van der Waals surface area contributed by atoms with Crippen molar-refractivity contribution in [2.45, 2.75) is 19.6 Å². The Morgan fingerprint density at radius 1 is 1.60 bits per heavy atom. The fraction of sp³-hybridized carbons (Fsp3) is 0.400. The third-order valence-electron chi connectivity index (χ3n) is 2.42. The van der Waals surface area contributed by atoms with Crippen LogP contribution in [0.4, 0.5) is 0 Å². The molecule has 0 aliphatic heterocycles. The van der Waals surface area contributed by atoms with Gasteiger partial charge in [-0.1, -0.05) is 0 Å². The van der Waals surface area contributed by atoms with E-state index in [1.807, 2.05) is 17.6 Å². The molecule has 1 unspecified atom stereocenters. The van der Waals surface area contributed by atoms with Gasteiger partial charge in [-0.05, 0) is 13.0 Å². The number of hydrogen-bond acceptors (Lipinski definition) is 4. The first-order valence-electron chi connectivity index (χ1n) is 4.96. The predicted molar refractivity (Wildman–Crippen MR) is 57.2 cm³/mol. The summed E-state index contributed by atoms with van der Waals surface area (Å²) in [6.07, 6.45) is 2.69. The number of pyridine rings is 1. The van der Waals surface area contributed by atoms with Gasteiger partial charge in [0.25, 0.3) is 0 Å². The second kappa shape index (κ2) is 3.96. The summed E-state index contributed by atoms with van der Waals surface area (Å²) in [4.78, 5) is 8.32. The van der Waals surface area contributed by atoms with Gasteiger partial charge in [0, 0.05) is 19.3 Å². The molecule has 0 saturated carbocycles. The average Bonchev–Trinajstić information content (AvgIpc) is 2.66. The van der Waals surface area contributed by atoms with Gasteiger partial charge >= 0.3 is 0 Å². The molecule has 1 atom stereocenters. The van der Waals surface area contributed by atoms with E-state index >= 15 is 0 Å².